The van der Waals surface area contributed by atoms with Crippen molar-refractivity contribution in [2.75, 3.05) is 13.2 Å². The highest BCUT2D eigenvalue weighted by atomic mass is 16.6. The van der Waals surface area contributed by atoms with Gasteiger partial charge in [-0.2, -0.15) is 0 Å². The normalized spacial score (nSPS) is 19.3. The minimum absolute atomic E-state index is 0.0351. The molecule has 0 aliphatic carbocycles. The Morgan fingerprint density at radius 3 is 2.68 bits per heavy atom. The van der Waals surface area contributed by atoms with Crippen LogP contribution in [0, 0.1) is 6.92 Å². The predicted molar refractivity (Wildman–Crippen MR) is 107 cm³/mol. The van der Waals surface area contributed by atoms with Crippen molar-refractivity contribution >= 4 is 5.91 Å². The molecular formula is C23H27NO4. The second-order valence-electron chi connectivity index (χ2n) is 8.21. The first kappa shape index (κ1) is 18.7. The van der Waals surface area contributed by atoms with Crippen LogP contribution in [-0.4, -0.2) is 24.7 Å². The summed E-state index contributed by atoms with van der Waals surface area (Å²) < 4.78 is 17.3. The average Bonchev–Trinajstić information content (AvgIpc) is 2.65. The lowest BCUT2D eigenvalue weighted by molar-refractivity contribution is -0.122. The van der Waals surface area contributed by atoms with E-state index in [2.05, 4.69) is 31.3 Å². The molecule has 1 N–H and O–H groups in total. The fourth-order valence-electron chi connectivity index (χ4n) is 3.86. The largest absolute Gasteiger partial charge is 0.487 e. The summed E-state index contributed by atoms with van der Waals surface area (Å²) in [5.41, 5.74) is 2.97. The van der Waals surface area contributed by atoms with Gasteiger partial charge in [-0.1, -0.05) is 18.2 Å². The third kappa shape index (κ3) is 4.08. The molecule has 2 aliphatic rings. The van der Waals surface area contributed by atoms with E-state index in [0.29, 0.717) is 26.1 Å². The van der Waals surface area contributed by atoms with Gasteiger partial charge in [-0.25, -0.2) is 0 Å². The van der Waals surface area contributed by atoms with Gasteiger partial charge < -0.3 is 19.5 Å². The Labute approximate surface area is 166 Å². The van der Waals surface area contributed by atoms with E-state index in [-0.39, 0.29) is 17.6 Å². The summed E-state index contributed by atoms with van der Waals surface area (Å²) in [6.45, 7) is 7.32. The first-order chi connectivity index (χ1) is 13.4. The van der Waals surface area contributed by atoms with Crippen LogP contribution in [0.15, 0.2) is 36.4 Å². The molecule has 5 nitrogen and oxygen atoms in total. The molecule has 1 amide bonds. The molecular weight excluding hydrogens is 354 g/mol. The van der Waals surface area contributed by atoms with Gasteiger partial charge in [-0.3, -0.25) is 4.79 Å². The summed E-state index contributed by atoms with van der Waals surface area (Å²) in [6.07, 6.45) is 1.84. The van der Waals surface area contributed by atoms with Gasteiger partial charge in [-0.15, -0.1) is 0 Å². The summed E-state index contributed by atoms with van der Waals surface area (Å²) in [4.78, 5) is 12.7. The number of carbonyl (C=O) groups excluding carboxylic acids is 1. The highest BCUT2D eigenvalue weighted by molar-refractivity contribution is 5.77. The molecule has 0 fully saturated rings. The van der Waals surface area contributed by atoms with Crippen LogP contribution in [0.4, 0.5) is 0 Å². The van der Waals surface area contributed by atoms with E-state index in [9.17, 15) is 4.79 Å². The average molecular weight is 381 g/mol. The molecule has 0 unspecified atom stereocenters. The molecule has 0 radical (unpaired) electrons. The lowest BCUT2D eigenvalue weighted by atomic mass is 9.89. The van der Waals surface area contributed by atoms with Gasteiger partial charge in [0.05, 0.1) is 6.04 Å². The number of benzene rings is 2. The summed E-state index contributed by atoms with van der Waals surface area (Å²) in [5, 5.41) is 3.21. The summed E-state index contributed by atoms with van der Waals surface area (Å²) in [7, 11) is 0. The smallest absolute Gasteiger partial charge is 0.220 e. The second kappa shape index (κ2) is 7.38. The van der Waals surface area contributed by atoms with Gasteiger partial charge in [0.1, 0.15) is 24.6 Å². The van der Waals surface area contributed by atoms with Crippen LogP contribution in [0.1, 0.15) is 49.4 Å². The number of nitrogens with one attached hydrogen (secondary N) is 1. The highest BCUT2D eigenvalue weighted by Gasteiger charge is 2.34. The molecule has 2 aliphatic heterocycles. The highest BCUT2D eigenvalue weighted by Crippen LogP contribution is 2.40. The summed E-state index contributed by atoms with van der Waals surface area (Å²) in [5.74, 6) is 2.45. The van der Waals surface area contributed by atoms with Crippen molar-refractivity contribution in [3.05, 3.63) is 53.1 Å². The molecule has 0 saturated carbocycles. The van der Waals surface area contributed by atoms with Gasteiger partial charge in [0.15, 0.2) is 11.5 Å². The van der Waals surface area contributed by atoms with Crippen molar-refractivity contribution in [3.63, 3.8) is 0 Å². The Hall–Kier alpha value is -2.69. The number of ether oxygens (including phenoxy) is 3. The van der Waals surface area contributed by atoms with E-state index < -0.39 is 0 Å². The van der Waals surface area contributed by atoms with Crippen LogP contribution in [0.3, 0.4) is 0 Å². The molecule has 4 rings (SSSR count). The monoisotopic (exact) mass is 381 g/mol. The number of hydrogen-bond donors (Lipinski definition) is 1. The number of hydrogen-bond acceptors (Lipinski definition) is 4. The molecule has 0 aromatic heterocycles. The molecule has 2 heterocycles. The van der Waals surface area contributed by atoms with Gasteiger partial charge in [-0.05, 0) is 56.5 Å². The number of fused-ring (bicyclic) bond motifs is 2. The number of amides is 1. The Morgan fingerprint density at radius 2 is 1.86 bits per heavy atom. The molecule has 2 aromatic rings. The Kier molecular flexibility index (Phi) is 4.92. The molecule has 0 bridgehead atoms. The number of rotatable bonds is 4. The topological polar surface area (TPSA) is 56.8 Å². The lowest BCUT2D eigenvalue weighted by Gasteiger charge is -2.38. The van der Waals surface area contributed by atoms with Crippen LogP contribution < -0.4 is 19.5 Å². The quantitative estimate of drug-likeness (QED) is 0.866. The molecule has 148 valence electrons. The van der Waals surface area contributed by atoms with Crippen LogP contribution in [0.5, 0.6) is 17.2 Å². The van der Waals surface area contributed by atoms with Crippen molar-refractivity contribution < 1.29 is 19.0 Å². The van der Waals surface area contributed by atoms with E-state index in [1.165, 1.54) is 0 Å². The Bertz CT molecular complexity index is 890. The predicted octanol–water partition coefficient (Wildman–Crippen LogP) is 4.12. The van der Waals surface area contributed by atoms with Crippen LogP contribution >= 0.6 is 0 Å². The first-order valence-electron chi connectivity index (χ1n) is 9.87. The molecule has 1 atom stereocenters. The number of aryl methyl sites for hydroxylation is 2. The Morgan fingerprint density at radius 1 is 1.07 bits per heavy atom. The molecule has 0 saturated heterocycles. The maximum atomic E-state index is 12.7. The van der Waals surface area contributed by atoms with Crippen molar-refractivity contribution in [2.24, 2.45) is 0 Å². The van der Waals surface area contributed by atoms with Gasteiger partial charge in [0, 0.05) is 18.4 Å². The van der Waals surface area contributed by atoms with Gasteiger partial charge in [0.2, 0.25) is 5.91 Å². The number of carbonyl (C=O) groups is 1. The zero-order valence-corrected chi connectivity index (χ0v) is 16.7. The SMILES string of the molecule is Cc1ccc2c(c1)OC(C)(C)C[C@@H]2NC(=O)CCc1ccc2c(c1)OCCO2. The van der Waals surface area contributed by atoms with Crippen LogP contribution in [-0.2, 0) is 11.2 Å². The lowest BCUT2D eigenvalue weighted by Crippen LogP contribution is -2.41. The Balaban J connectivity index is 1.41. The fraction of sp³-hybridized carbons (Fsp3) is 0.435. The van der Waals surface area contributed by atoms with Crippen molar-refractivity contribution in [2.45, 2.75) is 51.7 Å². The zero-order chi connectivity index (χ0) is 19.7. The van der Waals surface area contributed by atoms with Gasteiger partial charge >= 0.3 is 0 Å². The standard InChI is InChI=1S/C23H27NO4/c1-15-4-7-17-18(14-23(2,3)28-20(17)12-15)24-22(25)9-6-16-5-8-19-21(13-16)27-11-10-26-19/h4-5,7-8,12-13,18H,6,9-11,14H2,1-3H3,(H,24,25)/t18-/m0/s1. The zero-order valence-electron chi connectivity index (χ0n) is 16.7. The minimum Gasteiger partial charge on any atom is -0.487 e. The molecule has 28 heavy (non-hydrogen) atoms. The van der Waals surface area contributed by atoms with Crippen molar-refractivity contribution in [1.82, 2.24) is 5.32 Å². The molecule has 5 heteroatoms. The van der Waals surface area contributed by atoms with E-state index in [0.717, 1.165) is 40.4 Å². The second-order valence-corrected chi connectivity index (χ2v) is 8.21. The third-order valence-corrected chi connectivity index (χ3v) is 5.21. The maximum Gasteiger partial charge on any atom is 0.220 e. The summed E-state index contributed by atoms with van der Waals surface area (Å²) >= 11 is 0. The van der Waals surface area contributed by atoms with E-state index >= 15 is 0 Å². The van der Waals surface area contributed by atoms with Crippen LogP contribution in [0.2, 0.25) is 0 Å². The third-order valence-electron chi connectivity index (χ3n) is 5.21. The fourth-order valence-corrected chi connectivity index (χ4v) is 3.86. The molecule has 0 spiro atoms. The molecule has 2 aromatic carbocycles. The maximum absolute atomic E-state index is 12.7. The van der Waals surface area contributed by atoms with E-state index in [1.807, 2.05) is 31.2 Å². The minimum atomic E-state index is -0.311. The van der Waals surface area contributed by atoms with Gasteiger partial charge in [0.25, 0.3) is 0 Å². The van der Waals surface area contributed by atoms with E-state index in [1.54, 1.807) is 0 Å². The summed E-state index contributed by atoms with van der Waals surface area (Å²) in [6, 6.07) is 12.0. The van der Waals surface area contributed by atoms with Crippen LogP contribution in [0.25, 0.3) is 0 Å². The van der Waals surface area contributed by atoms with Crippen molar-refractivity contribution in [3.8, 4) is 17.2 Å². The first-order valence-corrected chi connectivity index (χ1v) is 9.87. The van der Waals surface area contributed by atoms with E-state index in [4.69, 9.17) is 14.2 Å². The van der Waals surface area contributed by atoms with Crippen molar-refractivity contribution in [1.29, 1.82) is 0 Å².